The molecule has 13 heavy (non-hydrogen) atoms. The summed E-state index contributed by atoms with van der Waals surface area (Å²) >= 11 is 0. The molecule has 1 aliphatic carbocycles. The Labute approximate surface area is 78.8 Å². The Hall–Kier alpha value is -0.770. The summed E-state index contributed by atoms with van der Waals surface area (Å²) in [6.45, 7) is 3.33. The third-order valence-electron chi connectivity index (χ3n) is 2.61. The topological polar surface area (TPSA) is 64.3 Å². The van der Waals surface area contributed by atoms with Crippen molar-refractivity contribution >= 4 is 6.09 Å². The zero-order valence-corrected chi connectivity index (χ0v) is 8.08. The van der Waals surface area contributed by atoms with Crippen molar-refractivity contribution in [3.63, 3.8) is 0 Å². The number of primary amides is 1. The fraction of sp³-hybridized carbons (Fsp3) is 0.889. The molecule has 0 bridgehead atoms. The van der Waals surface area contributed by atoms with Crippen LogP contribution in [0.25, 0.3) is 0 Å². The lowest BCUT2D eigenvalue weighted by molar-refractivity contribution is 0.155. The minimum absolute atomic E-state index is 0.374. The van der Waals surface area contributed by atoms with Crippen molar-refractivity contribution in [2.45, 2.75) is 32.2 Å². The van der Waals surface area contributed by atoms with Crippen LogP contribution in [0.5, 0.6) is 0 Å². The molecule has 1 fully saturated rings. The molecular formula is C9H18N2O2. The molecule has 2 unspecified atom stereocenters. The first-order valence-electron chi connectivity index (χ1n) is 4.86. The Morgan fingerprint density at radius 1 is 1.62 bits per heavy atom. The Kier molecular flexibility index (Phi) is 4.02. The third kappa shape index (κ3) is 3.63. The van der Waals surface area contributed by atoms with Crippen LogP contribution in [0.1, 0.15) is 26.2 Å². The number of ether oxygens (including phenoxy) is 1. The Morgan fingerprint density at radius 2 is 2.38 bits per heavy atom. The first-order valence-corrected chi connectivity index (χ1v) is 4.86. The summed E-state index contributed by atoms with van der Waals surface area (Å²) in [5, 5.41) is 3.35. The highest BCUT2D eigenvalue weighted by atomic mass is 16.5. The second kappa shape index (κ2) is 5.07. The number of hydrogen-bond acceptors (Lipinski definition) is 3. The lowest BCUT2D eigenvalue weighted by atomic mass is 10.1. The van der Waals surface area contributed by atoms with Gasteiger partial charge in [0.25, 0.3) is 0 Å². The van der Waals surface area contributed by atoms with Crippen molar-refractivity contribution in [3.8, 4) is 0 Å². The normalized spacial score (nSPS) is 27.5. The van der Waals surface area contributed by atoms with E-state index in [-0.39, 0.29) is 0 Å². The molecule has 0 heterocycles. The van der Waals surface area contributed by atoms with Crippen LogP contribution in [0.4, 0.5) is 4.79 Å². The lowest BCUT2D eigenvalue weighted by Gasteiger charge is -2.16. The second-order valence-electron chi connectivity index (χ2n) is 3.64. The van der Waals surface area contributed by atoms with Gasteiger partial charge in [0, 0.05) is 12.6 Å². The molecule has 4 heteroatoms. The van der Waals surface area contributed by atoms with Crippen LogP contribution < -0.4 is 11.1 Å². The molecule has 76 valence electrons. The monoisotopic (exact) mass is 186 g/mol. The van der Waals surface area contributed by atoms with Gasteiger partial charge in [-0.2, -0.15) is 0 Å². The molecule has 3 N–H and O–H groups in total. The number of amides is 1. The molecule has 1 aliphatic rings. The van der Waals surface area contributed by atoms with E-state index in [1.807, 2.05) is 0 Å². The van der Waals surface area contributed by atoms with Crippen molar-refractivity contribution in [3.05, 3.63) is 0 Å². The maximum absolute atomic E-state index is 10.2. The van der Waals surface area contributed by atoms with Crippen LogP contribution in [0.2, 0.25) is 0 Å². The molecule has 2 atom stereocenters. The van der Waals surface area contributed by atoms with Gasteiger partial charge in [0.1, 0.15) is 6.61 Å². The molecule has 1 amide bonds. The van der Waals surface area contributed by atoms with E-state index in [1.165, 1.54) is 19.3 Å². The van der Waals surface area contributed by atoms with E-state index < -0.39 is 6.09 Å². The molecule has 0 aromatic rings. The van der Waals surface area contributed by atoms with Crippen LogP contribution >= 0.6 is 0 Å². The van der Waals surface area contributed by atoms with Gasteiger partial charge in [-0.3, -0.25) is 0 Å². The molecule has 0 saturated heterocycles. The molecule has 0 aliphatic heterocycles. The predicted molar refractivity (Wildman–Crippen MR) is 50.3 cm³/mol. The van der Waals surface area contributed by atoms with E-state index in [1.54, 1.807) is 0 Å². The number of rotatable bonds is 4. The Morgan fingerprint density at radius 3 is 2.92 bits per heavy atom. The average Bonchev–Trinajstić information content (AvgIpc) is 2.45. The largest absolute Gasteiger partial charge is 0.448 e. The van der Waals surface area contributed by atoms with Gasteiger partial charge in [0.2, 0.25) is 0 Å². The molecule has 1 saturated carbocycles. The summed E-state index contributed by atoms with van der Waals surface area (Å²) in [5.41, 5.74) is 4.83. The first kappa shape index (κ1) is 10.3. The molecule has 0 spiro atoms. The third-order valence-corrected chi connectivity index (χ3v) is 2.61. The van der Waals surface area contributed by atoms with E-state index in [0.29, 0.717) is 19.2 Å². The zero-order chi connectivity index (χ0) is 9.68. The van der Waals surface area contributed by atoms with Gasteiger partial charge in [0.05, 0.1) is 0 Å². The van der Waals surface area contributed by atoms with Gasteiger partial charge in [-0.05, 0) is 18.8 Å². The van der Waals surface area contributed by atoms with Crippen LogP contribution in [0.15, 0.2) is 0 Å². The van der Waals surface area contributed by atoms with Gasteiger partial charge in [-0.1, -0.05) is 13.3 Å². The summed E-state index contributed by atoms with van der Waals surface area (Å²) in [6.07, 6.45) is 3.14. The smallest absolute Gasteiger partial charge is 0.404 e. The summed E-state index contributed by atoms with van der Waals surface area (Å²) in [5.74, 6) is 0.744. The quantitative estimate of drug-likeness (QED) is 0.640. The Bertz CT molecular complexity index is 173. The minimum atomic E-state index is -0.693. The number of hydrogen-bond donors (Lipinski definition) is 2. The average molecular weight is 186 g/mol. The van der Waals surface area contributed by atoms with Gasteiger partial charge in [0.15, 0.2) is 0 Å². The molecule has 4 nitrogen and oxygen atoms in total. The first-order chi connectivity index (χ1) is 6.20. The fourth-order valence-electron chi connectivity index (χ4n) is 1.84. The lowest BCUT2D eigenvalue weighted by Crippen LogP contribution is -2.34. The standard InChI is InChI=1S/C9H18N2O2/c1-7-3-2-4-8(7)11-5-6-13-9(10)12/h7-8,11H,2-6H2,1H3,(H2,10,12). The van der Waals surface area contributed by atoms with E-state index in [0.717, 1.165) is 5.92 Å². The second-order valence-corrected chi connectivity index (χ2v) is 3.64. The highest BCUT2D eigenvalue weighted by molar-refractivity contribution is 5.64. The van der Waals surface area contributed by atoms with Crippen molar-refractivity contribution in [1.82, 2.24) is 5.32 Å². The molecule has 1 rings (SSSR count). The summed E-state index contributed by atoms with van der Waals surface area (Å²) < 4.78 is 4.61. The van der Waals surface area contributed by atoms with Crippen LogP contribution in [0.3, 0.4) is 0 Å². The summed E-state index contributed by atoms with van der Waals surface area (Å²) in [7, 11) is 0. The number of nitrogens with one attached hydrogen (secondary N) is 1. The molecule has 0 aromatic heterocycles. The van der Waals surface area contributed by atoms with Crippen molar-refractivity contribution in [2.24, 2.45) is 11.7 Å². The summed E-state index contributed by atoms with van der Waals surface area (Å²) in [4.78, 5) is 10.2. The van der Waals surface area contributed by atoms with Crippen LogP contribution in [-0.2, 0) is 4.74 Å². The molecular weight excluding hydrogens is 168 g/mol. The predicted octanol–water partition coefficient (Wildman–Crippen LogP) is 0.860. The van der Waals surface area contributed by atoms with Gasteiger partial charge >= 0.3 is 6.09 Å². The van der Waals surface area contributed by atoms with E-state index in [4.69, 9.17) is 5.73 Å². The van der Waals surface area contributed by atoms with Gasteiger partial charge in [-0.15, -0.1) is 0 Å². The van der Waals surface area contributed by atoms with Crippen molar-refractivity contribution in [2.75, 3.05) is 13.2 Å². The fourth-order valence-corrected chi connectivity index (χ4v) is 1.84. The van der Waals surface area contributed by atoms with Crippen molar-refractivity contribution in [1.29, 1.82) is 0 Å². The van der Waals surface area contributed by atoms with E-state index >= 15 is 0 Å². The molecule has 0 radical (unpaired) electrons. The number of nitrogens with two attached hydrogens (primary N) is 1. The van der Waals surface area contributed by atoms with E-state index in [2.05, 4.69) is 17.0 Å². The highest BCUT2D eigenvalue weighted by Gasteiger charge is 2.22. The maximum Gasteiger partial charge on any atom is 0.404 e. The summed E-state index contributed by atoms with van der Waals surface area (Å²) in [6, 6.07) is 0.594. The van der Waals surface area contributed by atoms with Crippen LogP contribution in [0, 0.1) is 5.92 Å². The number of carbonyl (C=O) groups excluding carboxylic acids is 1. The number of carbonyl (C=O) groups is 1. The molecule has 0 aromatic carbocycles. The van der Waals surface area contributed by atoms with Gasteiger partial charge in [-0.25, -0.2) is 4.79 Å². The highest BCUT2D eigenvalue weighted by Crippen LogP contribution is 2.24. The van der Waals surface area contributed by atoms with Gasteiger partial charge < -0.3 is 15.8 Å². The SMILES string of the molecule is CC1CCCC1NCCOC(N)=O. The van der Waals surface area contributed by atoms with Crippen molar-refractivity contribution < 1.29 is 9.53 Å². The van der Waals surface area contributed by atoms with Crippen LogP contribution in [-0.4, -0.2) is 25.3 Å². The minimum Gasteiger partial charge on any atom is -0.448 e. The zero-order valence-electron chi connectivity index (χ0n) is 8.08. The van der Waals surface area contributed by atoms with E-state index in [9.17, 15) is 4.79 Å². The Balaban J connectivity index is 2.02. The maximum atomic E-state index is 10.2.